The van der Waals surface area contributed by atoms with E-state index in [1.165, 1.54) is 6.33 Å². The number of aromatic nitrogens is 2. The van der Waals surface area contributed by atoms with Crippen molar-refractivity contribution < 1.29 is 9.53 Å². The normalized spacial score (nSPS) is 11.0. The zero-order valence-corrected chi connectivity index (χ0v) is 14.6. The fourth-order valence-electron chi connectivity index (χ4n) is 2.36. The van der Waals surface area contributed by atoms with Crippen molar-refractivity contribution in [1.82, 2.24) is 15.3 Å². The van der Waals surface area contributed by atoms with E-state index in [0.29, 0.717) is 24.6 Å². The van der Waals surface area contributed by atoms with E-state index < -0.39 is 0 Å². The Morgan fingerprint density at radius 1 is 1.25 bits per heavy atom. The third-order valence-corrected chi connectivity index (χ3v) is 3.37. The molecule has 2 N–H and O–H groups in total. The Kier molecular flexibility index (Phi) is 5.73. The Morgan fingerprint density at radius 2 is 2.00 bits per heavy atom. The molecular weight excluding hydrogens is 304 g/mol. The summed E-state index contributed by atoms with van der Waals surface area (Å²) in [6, 6.07) is 7.04. The molecule has 6 nitrogen and oxygen atoms in total. The molecule has 6 heteroatoms. The third-order valence-electron chi connectivity index (χ3n) is 3.37. The second kappa shape index (κ2) is 7.77. The topological polar surface area (TPSA) is 76.1 Å². The number of amides is 2. The molecule has 0 bridgehead atoms. The maximum Gasteiger partial charge on any atom is 0.319 e. The largest absolute Gasteiger partial charge is 0.492 e. The van der Waals surface area contributed by atoms with Crippen LogP contribution in [-0.2, 0) is 12.0 Å². The first-order chi connectivity index (χ1) is 11.4. The second-order valence-electron chi connectivity index (χ2n) is 6.38. The summed E-state index contributed by atoms with van der Waals surface area (Å²) in [4.78, 5) is 20.6. The minimum Gasteiger partial charge on any atom is -0.492 e. The van der Waals surface area contributed by atoms with Gasteiger partial charge >= 0.3 is 6.03 Å². The minimum atomic E-state index is -0.300. The van der Waals surface area contributed by atoms with Gasteiger partial charge in [-0.3, -0.25) is 0 Å². The highest BCUT2D eigenvalue weighted by molar-refractivity contribution is 5.90. The molecule has 0 aliphatic rings. The van der Waals surface area contributed by atoms with Crippen LogP contribution in [0.4, 0.5) is 10.5 Å². The highest BCUT2D eigenvalue weighted by Gasteiger charge is 2.20. The van der Waals surface area contributed by atoms with E-state index in [-0.39, 0.29) is 11.4 Å². The molecule has 1 heterocycles. The van der Waals surface area contributed by atoms with Crippen molar-refractivity contribution in [3.05, 3.63) is 48.0 Å². The lowest BCUT2D eigenvalue weighted by atomic mass is 9.89. The first-order valence-electron chi connectivity index (χ1n) is 7.98. The predicted molar refractivity (Wildman–Crippen MR) is 94.2 cm³/mol. The number of urea groups is 1. The average molecular weight is 328 g/mol. The summed E-state index contributed by atoms with van der Waals surface area (Å²) < 4.78 is 5.50. The molecule has 2 rings (SSSR count). The molecule has 0 spiro atoms. The molecule has 0 radical (unpaired) electrons. The summed E-state index contributed by atoms with van der Waals surface area (Å²) in [5.41, 5.74) is 2.35. The summed E-state index contributed by atoms with van der Waals surface area (Å²) in [6.45, 7) is 9.04. The minimum absolute atomic E-state index is 0.113. The molecule has 2 aromatic rings. The number of para-hydroxylation sites is 2. The molecule has 0 atom stereocenters. The van der Waals surface area contributed by atoms with Crippen LogP contribution in [0.2, 0.25) is 0 Å². The molecule has 24 heavy (non-hydrogen) atoms. The number of ether oxygens (including phenoxy) is 1. The Bertz CT molecular complexity index is 695. The first-order valence-corrected chi connectivity index (χ1v) is 7.98. The van der Waals surface area contributed by atoms with Crippen LogP contribution < -0.4 is 15.4 Å². The molecule has 128 valence electrons. The van der Waals surface area contributed by atoms with Crippen molar-refractivity contribution in [2.75, 3.05) is 11.9 Å². The molecule has 0 aliphatic carbocycles. The fraction of sp³-hybridized carbons (Fsp3) is 0.389. The van der Waals surface area contributed by atoms with Crippen LogP contribution in [0.25, 0.3) is 0 Å². The van der Waals surface area contributed by atoms with Crippen LogP contribution in [0, 0.1) is 0 Å². The number of anilines is 1. The Balaban J connectivity index is 2.02. The number of hydrogen-bond acceptors (Lipinski definition) is 4. The van der Waals surface area contributed by atoms with E-state index in [1.54, 1.807) is 12.3 Å². The lowest BCUT2D eigenvalue weighted by Crippen LogP contribution is -2.30. The van der Waals surface area contributed by atoms with Crippen LogP contribution in [0.5, 0.6) is 5.75 Å². The number of nitrogens with zero attached hydrogens (tertiary/aromatic N) is 2. The van der Waals surface area contributed by atoms with Crippen LogP contribution in [0.1, 0.15) is 39.0 Å². The summed E-state index contributed by atoms with van der Waals surface area (Å²) in [5.74, 6) is 0.647. The van der Waals surface area contributed by atoms with E-state index in [4.69, 9.17) is 4.74 Å². The van der Waals surface area contributed by atoms with Crippen molar-refractivity contribution in [3.63, 3.8) is 0 Å². The molecule has 2 amide bonds. The van der Waals surface area contributed by atoms with Gasteiger partial charge in [0.2, 0.25) is 0 Å². The van der Waals surface area contributed by atoms with Gasteiger partial charge in [0.05, 0.1) is 18.0 Å². The Morgan fingerprint density at radius 3 is 2.71 bits per heavy atom. The fourth-order valence-corrected chi connectivity index (χ4v) is 2.36. The maximum absolute atomic E-state index is 12.2. The van der Waals surface area contributed by atoms with Gasteiger partial charge in [-0.2, -0.15) is 0 Å². The van der Waals surface area contributed by atoms with Crippen LogP contribution >= 0.6 is 0 Å². The standard InChI is InChI=1S/C18H24N4O2/c1-5-24-15-9-7-6-8-14(15)22-17(23)20-11-13-10-19-12-21-16(13)18(2,3)4/h6-10,12H,5,11H2,1-4H3,(H2,20,22,23). The van der Waals surface area contributed by atoms with Gasteiger partial charge in [-0.1, -0.05) is 32.9 Å². The van der Waals surface area contributed by atoms with Crippen molar-refractivity contribution in [3.8, 4) is 5.75 Å². The molecule has 0 fully saturated rings. The van der Waals surface area contributed by atoms with Gasteiger partial charge in [0, 0.05) is 23.7 Å². The van der Waals surface area contributed by atoms with E-state index in [1.807, 2.05) is 25.1 Å². The van der Waals surface area contributed by atoms with E-state index in [0.717, 1.165) is 11.3 Å². The van der Waals surface area contributed by atoms with Crippen LogP contribution in [-0.4, -0.2) is 22.6 Å². The molecule has 0 unspecified atom stereocenters. The highest BCUT2D eigenvalue weighted by atomic mass is 16.5. The number of carbonyl (C=O) groups is 1. The monoisotopic (exact) mass is 328 g/mol. The number of carbonyl (C=O) groups excluding carboxylic acids is 1. The number of rotatable bonds is 5. The summed E-state index contributed by atoms with van der Waals surface area (Å²) >= 11 is 0. The first kappa shape index (κ1) is 17.7. The zero-order chi connectivity index (χ0) is 17.6. The third kappa shape index (κ3) is 4.68. The van der Waals surface area contributed by atoms with Gasteiger partial charge < -0.3 is 15.4 Å². The summed E-state index contributed by atoms with van der Waals surface area (Å²) in [7, 11) is 0. The smallest absolute Gasteiger partial charge is 0.319 e. The van der Waals surface area contributed by atoms with E-state index in [9.17, 15) is 4.79 Å². The Hall–Kier alpha value is -2.63. The molecule has 0 saturated heterocycles. The molecule has 0 saturated carbocycles. The number of benzene rings is 1. The van der Waals surface area contributed by atoms with Gasteiger partial charge in [0.25, 0.3) is 0 Å². The molecule has 0 aliphatic heterocycles. The predicted octanol–water partition coefficient (Wildman–Crippen LogP) is 3.49. The number of nitrogens with one attached hydrogen (secondary N) is 2. The van der Waals surface area contributed by atoms with Gasteiger partial charge in [-0.15, -0.1) is 0 Å². The molecular formula is C18H24N4O2. The van der Waals surface area contributed by atoms with Crippen molar-refractivity contribution >= 4 is 11.7 Å². The summed E-state index contributed by atoms with van der Waals surface area (Å²) in [6.07, 6.45) is 3.27. The average Bonchev–Trinajstić information content (AvgIpc) is 2.54. The van der Waals surface area contributed by atoms with E-state index >= 15 is 0 Å². The van der Waals surface area contributed by atoms with Crippen molar-refractivity contribution in [2.45, 2.75) is 39.7 Å². The SMILES string of the molecule is CCOc1ccccc1NC(=O)NCc1cncnc1C(C)(C)C. The zero-order valence-electron chi connectivity index (χ0n) is 14.6. The highest BCUT2D eigenvalue weighted by Crippen LogP contribution is 2.24. The number of hydrogen-bond donors (Lipinski definition) is 2. The van der Waals surface area contributed by atoms with Crippen molar-refractivity contribution in [2.24, 2.45) is 0 Å². The van der Waals surface area contributed by atoms with Gasteiger partial charge in [-0.05, 0) is 19.1 Å². The molecule has 1 aromatic heterocycles. The summed E-state index contributed by atoms with van der Waals surface area (Å²) in [5, 5.41) is 5.65. The van der Waals surface area contributed by atoms with E-state index in [2.05, 4.69) is 41.4 Å². The molecule has 1 aromatic carbocycles. The second-order valence-corrected chi connectivity index (χ2v) is 6.38. The van der Waals surface area contributed by atoms with Gasteiger partial charge in [0.15, 0.2) is 0 Å². The Labute approximate surface area is 142 Å². The maximum atomic E-state index is 12.2. The van der Waals surface area contributed by atoms with Crippen LogP contribution in [0.15, 0.2) is 36.8 Å². The van der Waals surface area contributed by atoms with Gasteiger partial charge in [0.1, 0.15) is 12.1 Å². The quantitative estimate of drug-likeness (QED) is 0.881. The van der Waals surface area contributed by atoms with Crippen LogP contribution in [0.3, 0.4) is 0 Å². The van der Waals surface area contributed by atoms with Gasteiger partial charge in [-0.25, -0.2) is 14.8 Å². The lowest BCUT2D eigenvalue weighted by molar-refractivity contribution is 0.251. The van der Waals surface area contributed by atoms with Crippen molar-refractivity contribution in [1.29, 1.82) is 0 Å². The lowest BCUT2D eigenvalue weighted by Gasteiger charge is -2.21.